The van der Waals surface area contributed by atoms with Crippen molar-refractivity contribution in [2.45, 2.75) is 139 Å². The third-order valence-corrected chi connectivity index (χ3v) is 8.07. The topological polar surface area (TPSA) is 274 Å². The monoisotopic (exact) mass is 682 g/mol. The first-order valence-electron chi connectivity index (χ1n) is 16.3. The molecule has 2 aliphatic rings. The zero-order valence-electron chi connectivity index (χ0n) is 26.9. The SMILES string of the molecule is CC(=O)C(CCCCNC(=O)CCCCOC1OC(CO)C(O)C(O)C1O)NC(=O)CCCCOC1OCC(O)CC(O)C(O)C1O. The van der Waals surface area contributed by atoms with Crippen molar-refractivity contribution in [3.05, 3.63) is 0 Å². The molecule has 11 unspecified atom stereocenters. The molecule has 2 fully saturated rings. The van der Waals surface area contributed by atoms with Crippen molar-refractivity contribution in [2.24, 2.45) is 0 Å². The van der Waals surface area contributed by atoms with Crippen molar-refractivity contribution in [1.29, 1.82) is 0 Å². The van der Waals surface area contributed by atoms with Crippen molar-refractivity contribution in [3.63, 3.8) is 0 Å². The van der Waals surface area contributed by atoms with Crippen LogP contribution in [-0.2, 0) is 33.3 Å². The van der Waals surface area contributed by atoms with Gasteiger partial charge in [-0.3, -0.25) is 14.4 Å². The lowest BCUT2D eigenvalue weighted by molar-refractivity contribution is -0.301. The molecular formula is C30H54N2O15. The van der Waals surface area contributed by atoms with Gasteiger partial charge in [-0.2, -0.15) is 0 Å². The molecule has 0 aromatic rings. The highest BCUT2D eigenvalue weighted by atomic mass is 16.7. The highest BCUT2D eigenvalue weighted by Gasteiger charge is 2.44. The van der Waals surface area contributed by atoms with Crippen LogP contribution >= 0.6 is 0 Å². The second kappa shape index (κ2) is 22.0. The zero-order chi connectivity index (χ0) is 34.9. The van der Waals surface area contributed by atoms with E-state index < -0.39 is 74.1 Å². The van der Waals surface area contributed by atoms with Crippen LogP contribution in [0.4, 0.5) is 0 Å². The minimum Gasteiger partial charge on any atom is -0.394 e. The lowest BCUT2D eigenvalue weighted by atomic mass is 9.99. The van der Waals surface area contributed by atoms with E-state index in [0.29, 0.717) is 51.5 Å². The lowest BCUT2D eigenvalue weighted by Crippen LogP contribution is -2.59. The molecular weight excluding hydrogens is 628 g/mol. The van der Waals surface area contributed by atoms with Crippen molar-refractivity contribution in [2.75, 3.05) is 33.0 Å². The van der Waals surface area contributed by atoms with Gasteiger partial charge < -0.3 is 70.4 Å². The number of aliphatic hydroxyl groups is 8. The number of carbonyl (C=O) groups is 3. The fourth-order valence-corrected chi connectivity index (χ4v) is 5.14. The minimum absolute atomic E-state index is 0.0890. The summed E-state index contributed by atoms with van der Waals surface area (Å²) in [7, 11) is 0. The predicted molar refractivity (Wildman–Crippen MR) is 161 cm³/mol. The van der Waals surface area contributed by atoms with Gasteiger partial charge in [-0.1, -0.05) is 0 Å². The first-order chi connectivity index (χ1) is 22.3. The Morgan fingerprint density at radius 3 is 2.02 bits per heavy atom. The van der Waals surface area contributed by atoms with Gasteiger partial charge in [-0.05, 0) is 51.9 Å². The van der Waals surface area contributed by atoms with Crippen LogP contribution in [0.3, 0.4) is 0 Å². The van der Waals surface area contributed by atoms with Crippen LogP contribution in [0.25, 0.3) is 0 Å². The lowest BCUT2D eigenvalue weighted by Gasteiger charge is -2.39. The zero-order valence-corrected chi connectivity index (χ0v) is 26.9. The highest BCUT2D eigenvalue weighted by Crippen LogP contribution is 2.22. The molecule has 0 radical (unpaired) electrons. The number of carbonyl (C=O) groups excluding carboxylic acids is 3. The van der Waals surface area contributed by atoms with Crippen molar-refractivity contribution in [3.8, 4) is 0 Å². The summed E-state index contributed by atoms with van der Waals surface area (Å²) in [4.78, 5) is 36.6. The van der Waals surface area contributed by atoms with Crippen LogP contribution in [-0.4, -0.2) is 159 Å². The molecule has 0 bridgehead atoms. The highest BCUT2D eigenvalue weighted by molar-refractivity contribution is 5.87. The van der Waals surface area contributed by atoms with Crippen LogP contribution < -0.4 is 10.6 Å². The minimum atomic E-state index is -1.55. The Kier molecular flexibility index (Phi) is 19.3. The molecule has 11 atom stereocenters. The molecule has 0 aromatic carbocycles. The standard InChI is InChI=1S/C30H54N2O15/c1-17(34)19(32-23(38)10-4-7-12-44-29-27(42)24(39)20(36)14-18(35)16-46-29)8-2-5-11-31-22(37)9-3-6-13-45-30-28(43)26(41)25(40)21(15-33)47-30/h18-21,24-30,33,35-36,39-43H,2-16H2,1H3,(H,31,37)(H,32,38). The molecule has 2 rings (SSSR count). The average Bonchev–Trinajstić information content (AvgIpc) is 3.03. The van der Waals surface area contributed by atoms with E-state index in [1.165, 1.54) is 6.92 Å². The van der Waals surface area contributed by atoms with E-state index >= 15 is 0 Å². The molecule has 2 saturated heterocycles. The molecule has 2 amide bonds. The van der Waals surface area contributed by atoms with Gasteiger partial charge in [0.25, 0.3) is 0 Å². The van der Waals surface area contributed by atoms with Crippen molar-refractivity contribution < 1.29 is 74.2 Å². The van der Waals surface area contributed by atoms with Crippen molar-refractivity contribution >= 4 is 17.6 Å². The number of amides is 2. The second-order valence-electron chi connectivity index (χ2n) is 12.1. The summed E-state index contributed by atoms with van der Waals surface area (Å²) in [5.74, 6) is -0.659. The molecule has 10 N–H and O–H groups in total. The fourth-order valence-electron chi connectivity index (χ4n) is 5.14. The maximum absolute atomic E-state index is 12.4. The molecule has 0 aromatic heterocycles. The molecule has 17 heteroatoms. The van der Waals surface area contributed by atoms with Gasteiger partial charge in [-0.15, -0.1) is 0 Å². The quantitative estimate of drug-likeness (QED) is 0.0564. The summed E-state index contributed by atoms with van der Waals surface area (Å²) in [6.45, 7) is 1.28. The Morgan fingerprint density at radius 2 is 1.38 bits per heavy atom. The molecule has 2 aliphatic heterocycles. The Bertz CT molecular complexity index is 928. The van der Waals surface area contributed by atoms with Crippen LogP contribution in [0.1, 0.15) is 71.1 Å². The smallest absolute Gasteiger partial charge is 0.220 e. The Labute approximate surface area is 274 Å². The maximum Gasteiger partial charge on any atom is 0.220 e. The first kappa shape index (κ1) is 41.3. The van der Waals surface area contributed by atoms with E-state index in [0.717, 1.165) is 0 Å². The number of aliphatic hydroxyl groups excluding tert-OH is 8. The van der Waals surface area contributed by atoms with E-state index in [-0.39, 0.29) is 56.7 Å². The van der Waals surface area contributed by atoms with E-state index in [9.17, 15) is 55.2 Å². The first-order valence-corrected chi connectivity index (χ1v) is 16.3. The molecule has 47 heavy (non-hydrogen) atoms. The van der Waals surface area contributed by atoms with Gasteiger partial charge in [0.15, 0.2) is 18.4 Å². The molecule has 2 heterocycles. The summed E-state index contributed by atoms with van der Waals surface area (Å²) in [6, 6.07) is -0.657. The average molecular weight is 683 g/mol. The Morgan fingerprint density at radius 1 is 0.766 bits per heavy atom. The second-order valence-corrected chi connectivity index (χ2v) is 12.1. The van der Waals surface area contributed by atoms with Gasteiger partial charge in [0.1, 0.15) is 36.6 Å². The normalized spacial score (nSPS) is 32.2. The summed E-state index contributed by atoms with van der Waals surface area (Å²) < 4.78 is 21.4. The van der Waals surface area contributed by atoms with Crippen LogP contribution in [0, 0.1) is 0 Å². The van der Waals surface area contributed by atoms with E-state index in [1.807, 2.05) is 0 Å². The van der Waals surface area contributed by atoms with E-state index in [2.05, 4.69) is 10.6 Å². The van der Waals surface area contributed by atoms with E-state index in [4.69, 9.17) is 18.9 Å². The maximum atomic E-state index is 12.4. The van der Waals surface area contributed by atoms with Gasteiger partial charge >= 0.3 is 0 Å². The summed E-state index contributed by atoms with van der Waals surface area (Å²) in [6.07, 6.45) is -9.76. The number of ketones is 1. The number of Topliss-reactive ketones (excluding diaryl/α,β-unsaturated/α-hetero) is 1. The molecule has 0 aliphatic carbocycles. The fraction of sp³-hybridized carbons (Fsp3) is 0.900. The Hall–Kier alpha value is -1.87. The van der Waals surface area contributed by atoms with Crippen LogP contribution in [0.5, 0.6) is 0 Å². The molecule has 0 saturated carbocycles. The van der Waals surface area contributed by atoms with E-state index in [1.54, 1.807) is 0 Å². The third kappa shape index (κ3) is 14.6. The summed E-state index contributed by atoms with van der Waals surface area (Å²) in [5, 5.41) is 84.0. The van der Waals surface area contributed by atoms with Crippen LogP contribution in [0.2, 0.25) is 0 Å². The van der Waals surface area contributed by atoms with Gasteiger partial charge in [0, 0.05) is 39.0 Å². The number of hydrogen-bond donors (Lipinski definition) is 10. The predicted octanol–water partition coefficient (Wildman–Crippen LogP) is -3.29. The van der Waals surface area contributed by atoms with Gasteiger partial charge in [0.05, 0.1) is 31.5 Å². The number of rotatable bonds is 20. The van der Waals surface area contributed by atoms with Gasteiger partial charge in [-0.25, -0.2) is 0 Å². The van der Waals surface area contributed by atoms with Crippen LogP contribution in [0.15, 0.2) is 0 Å². The molecule has 0 spiro atoms. The largest absolute Gasteiger partial charge is 0.394 e. The number of unbranched alkanes of at least 4 members (excludes halogenated alkanes) is 3. The number of ether oxygens (including phenoxy) is 4. The third-order valence-electron chi connectivity index (χ3n) is 8.07. The Balaban J connectivity index is 1.53. The summed E-state index contributed by atoms with van der Waals surface area (Å²) >= 11 is 0. The van der Waals surface area contributed by atoms with Gasteiger partial charge in [0.2, 0.25) is 11.8 Å². The molecule has 274 valence electrons. The molecule has 17 nitrogen and oxygen atoms in total. The summed E-state index contributed by atoms with van der Waals surface area (Å²) in [5.41, 5.74) is 0. The number of nitrogens with one attached hydrogen (secondary N) is 2. The number of hydrogen-bond acceptors (Lipinski definition) is 15. The van der Waals surface area contributed by atoms with Crippen molar-refractivity contribution in [1.82, 2.24) is 10.6 Å².